The maximum Gasteiger partial charge on any atom is 0.188 e. The van der Waals surface area contributed by atoms with Gasteiger partial charge < -0.3 is 0 Å². The lowest BCUT2D eigenvalue weighted by Crippen LogP contribution is -1.96. The highest BCUT2D eigenvalue weighted by Crippen LogP contribution is 2.22. The third kappa shape index (κ3) is 1.65. The van der Waals surface area contributed by atoms with Gasteiger partial charge in [-0.2, -0.15) is 14.7 Å². The van der Waals surface area contributed by atoms with Crippen molar-refractivity contribution >= 4 is 17.2 Å². The molecule has 0 fully saturated rings. The van der Waals surface area contributed by atoms with Crippen molar-refractivity contribution in [1.29, 1.82) is 0 Å². The third-order valence-electron chi connectivity index (χ3n) is 2.71. The standard InChI is InChI=1S/C11H11ClN6/c1-3-8-7(6-17(2)15-8)11-14-13-10-5-4-9(12)16-18(10)11/h4-6H,3H2,1-2H3. The molecule has 0 unspecified atom stereocenters. The predicted octanol–water partition coefficient (Wildman–Crippen LogP) is 1.74. The van der Waals surface area contributed by atoms with Gasteiger partial charge >= 0.3 is 0 Å². The molecule has 3 rings (SSSR count). The van der Waals surface area contributed by atoms with E-state index in [9.17, 15) is 0 Å². The van der Waals surface area contributed by atoms with E-state index in [0.717, 1.165) is 17.7 Å². The Morgan fingerprint density at radius 1 is 1.22 bits per heavy atom. The summed E-state index contributed by atoms with van der Waals surface area (Å²) in [4.78, 5) is 0. The minimum absolute atomic E-state index is 0.408. The summed E-state index contributed by atoms with van der Waals surface area (Å²) in [6, 6.07) is 3.48. The largest absolute Gasteiger partial charge is 0.275 e. The molecule has 18 heavy (non-hydrogen) atoms. The van der Waals surface area contributed by atoms with Crippen molar-refractivity contribution in [1.82, 2.24) is 29.6 Å². The van der Waals surface area contributed by atoms with Gasteiger partial charge in [0.2, 0.25) is 0 Å². The van der Waals surface area contributed by atoms with E-state index in [4.69, 9.17) is 11.6 Å². The van der Waals surface area contributed by atoms with Gasteiger partial charge in [0.25, 0.3) is 0 Å². The molecule has 0 amide bonds. The molecule has 0 saturated carbocycles. The fourth-order valence-corrected chi connectivity index (χ4v) is 2.06. The van der Waals surface area contributed by atoms with E-state index < -0.39 is 0 Å². The Kier molecular flexibility index (Phi) is 2.52. The fourth-order valence-electron chi connectivity index (χ4n) is 1.92. The molecule has 92 valence electrons. The Labute approximate surface area is 108 Å². The van der Waals surface area contributed by atoms with Crippen LogP contribution in [-0.4, -0.2) is 29.6 Å². The number of aromatic nitrogens is 6. The zero-order valence-corrected chi connectivity index (χ0v) is 10.8. The van der Waals surface area contributed by atoms with Gasteiger partial charge in [0.15, 0.2) is 11.5 Å². The normalized spacial score (nSPS) is 11.3. The Morgan fingerprint density at radius 3 is 2.83 bits per heavy atom. The molecule has 0 spiro atoms. The first-order valence-electron chi connectivity index (χ1n) is 5.60. The van der Waals surface area contributed by atoms with E-state index in [1.54, 1.807) is 21.3 Å². The topological polar surface area (TPSA) is 60.9 Å². The molecule has 0 radical (unpaired) electrons. The van der Waals surface area contributed by atoms with Gasteiger partial charge in [-0.25, -0.2) is 0 Å². The molecule has 3 aromatic heterocycles. The summed E-state index contributed by atoms with van der Waals surface area (Å²) >= 11 is 5.91. The highest BCUT2D eigenvalue weighted by Gasteiger charge is 2.15. The summed E-state index contributed by atoms with van der Waals surface area (Å²) in [7, 11) is 1.88. The van der Waals surface area contributed by atoms with Crippen molar-refractivity contribution in [3.05, 3.63) is 29.2 Å². The average Bonchev–Trinajstić information content (AvgIpc) is 2.91. The molecule has 0 aliphatic heterocycles. The molecule has 0 N–H and O–H groups in total. The number of hydrogen-bond donors (Lipinski definition) is 0. The molecular formula is C11H11ClN6. The van der Waals surface area contributed by atoms with Crippen molar-refractivity contribution in [3.63, 3.8) is 0 Å². The lowest BCUT2D eigenvalue weighted by atomic mass is 10.2. The number of halogens is 1. The second-order valence-corrected chi connectivity index (χ2v) is 4.35. The molecule has 7 heteroatoms. The number of nitrogens with zero attached hydrogens (tertiary/aromatic N) is 6. The Bertz CT molecular complexity index is 713. The van der Waals surface area contributed by atoms with Gasteiger partial charge in [-0.15, -0.1) is 10.2 Å². The molecule has 0 aliphatic rings. The lowest BCUT2D eigenvalue weighted by molar-refractivity contribution is 0.746. The number of aryl methyl sites for hydroxylation is 2. The summed E-state index contributed by atoms with van der Waals surface area (Å²) in [5.41, 5.74) is 2.57. The molecule has 0 saturated heterocycles. The van der Waals surface area contributed by atoms with Gasteiger partial charge in [-0.3, -0.25) is 4.68 Å². The number of fused-ring (bicyclic) bond motifs is 1. The minimum Gasteiger partial charge on any atom is -0.275 e. The van der Waals surface area contributed by atoms with E-state index in [0.29, 0.717) is 16.6 Å². The molecule has 3 heterocycles. The van der Waals surface area contributed by atoms with Crippen LogP contribution in [0.3, 0.4) is 0 Å². The molecule has 6 nitrogen and oxygen atoms in total. The van der Waals surface area contributed by atoms with Crippen molar-refractivity contribution in [2.24, 2.45) is 7.05 Å². The van der Waals surface area contributed by atoms with E-state index >= 15 is 0 Å². The van der Waals surface area contributed by atoms with Crippen molar-refractivity contribution in [2.75, 3.05) is 0 Å². The average molecular weight is 263 g/mol. The Hall–Kier alpha value is -1.95. The summed E-state index contributed by atoms with van der Waals surface area (Å²) in [6.45, 7) is 2.05. The van der Waals surface area contributed by atoms with Crippen LogP contribution in [0.5, 0.6) is 0 Å². The zero-order valence-electron chi connectivity index (χ0n) is 10.0. The van der Waals surface area contributed by atoms with Crippen LogP contribution in [-0.2, 0) is 13.5 Å². The molecule has 3 aromatic rings. The highest BCUT2D eigenvalue weighted by molar-refractivity contribution is 6.29. The van der Waals surface area contributed by atoms with Crippen LogP contribution < -0.4 is 0 Å². The first-order chi connectivity index (χ1) is 8.69. The van der Waals surface area contributed by atoms with Crippen molar-refractivity contribution in [2.45, 2.75) is 13.3 Å². The lowest BCUT2D eigenvalue weighted by Gasteiger charge is -1.98. The first kappa shape index (κ1) is 11.2. The predicted molar refractivity (Wildman–Crippen MR) is 67.4 cm³/mol. The van der Waals surface area contributed by atoms with Crippen LogP contribution in [0.15, 0.2) is 18.3 Å². The summed E-state index contributed by atoms with van der Waals surface area (Å²) in [5.74, 6) is 0.664. The van der Waals surface area contributed by atoms with Crippen LogP contribution in [0.4, 0.5) is 0 Å². The maximum absolute atomic E-state index is 5.91. The Balaban J connectivity index is 2.27. The minimum atomic E-state index is 0.408. The molecule has 0 atom stereocenters. The molecule has 0 aliphatic carbocycles. The molecule has 0 bridgehead atoms. The van der Waals surface area contributed by atoms with Crippen LogP contribution in [0.2, 0.25) is 5.15 Å². The van der Waals surface area contributed by atoms with Crippen molar-refractivity contribution in [3.8, 4) is 11.4 Å². The summed E-state index contributed by atoms with van der Waals surface area (Å²) in [6.07, 6.45) is 2.74. The monoisotopic (exact) mass is 262 g/mol. The van der Waals surface area contributed by atoms with Crippen LogP contribution >= 0.6 is 11.6 Å². The second kappa shape index (κ2) is 4.06. The molecular weight excluding hydrogens is 252 g/mol. The molecule has 0 aromatic carbocycles. The van der Waals surface area contributed by atoms with E-state index in [1.807, 2.05) is 13.2 Å². The SMILES string of the molecule is CCc1nn(C)cc1-c1nnc2ccc(Cl)nn12. The quantitative estimate of drug-likeness (QED) is 0.706. The second-order valence-electron chi connectivity index (χ2n) is 3.97. The smallest absolute Gasteiger partial charge is 0.188 e. The zero-order chi connectivity index (χ0) is 12.7. The van der Waals surface area contributed by atoms with Gasteiger partial charge in [0, 0.05) is 13.2 Å². The van der Waals surface area contributed by atoms with Crippen LogP contribution in [0.25, 0.3) is 17.0 Å². The van der Waals surface area contributed by atoms with E-state index in [1.165, 1.54) is 0 Å². The van der Waals surface area contributed by atoms with Gasteiger partial charge in [0.1, 0.15) is 5.15 Å². The summed E-state index contributed by atoms with van der Waals surface area (Å²) in [5, 5.41) is 17.3. The first-order valence-corrected chi connectivity index (χ1v) is 5.97. The van der Waals surface area contributed by atoms with E-state index in [2.05, 4.69) is 27.3 Å². The van der Waals surface area contributed by atoms with E-state index in [-0.39, 0.29) is 0 Å². The summed E-state index contributed by atoms with van der Waals surface area (Å²) < 4.78 is 3.40. The van der Waals surface area contributed by atoms with Gasteiger partial charge in [0.05, 0.1) is 11.3 Å². The fraction of sp³-hybridized carbons (Fsp3) is 0.273. The van der Waals surface area contributed by atoms with Crippen LogP contribution in [0.1, 0.15) is 12.6 Å². The highest BCUT2D eigenvalue weighted by atomic mass is 35.5. The third-order valence-corrected chi connectivity index (χ3v) is 2.91. The Morgan fingerprint density at radius 2 is 2.06 bits per heavy atom. The van der Waals surface area contributed by atoms with Gasteiger partial charge in [-0.05, 0) is 18.6 Å². The maximum atomic E-state index is 5.91. The number of rotatable bonds is 2. The number of hydrogen-bond acceptors (Lipinski definition) is 4. The van der Waals surface area contributed by atoms with Crippen molar-refractivity contribution < 1.29 is 0 Å². The van der Waals surface area contributed by atoms with Gasteiger partial charge in [-0.1, -0.05) is 18.5 Å². The van der Waals surface area contributed by atoms with Crippen LogP contribution in [0, 0.1) is 0 Å².